The van der Waals surface area contributed by atoms with Crippen molar-refractivity contribution in [3.05, 3.63) is 69.8 Å². The van der Waals surface area contributed by atoms with Gasteiger partial charge in [-0.25, -0.2) is 0 Å². The summed E-state index contributed by atoms with van der Waals surface area (Å²) in [6.07, 6.45) is 0. The zero-order valence-electron chi connectivity index (χ0n) is 10.2. The Hall–Kier alpha value is -2.69. The predicted molar refractivity (Wildman–Crippen MR) is 69.5 cm³/mol. The summed E-state index contributed by atoms with van der Waals surface area (Å²) in [5, 5.41) is 10.6. The van der Waals surface area contributed by atoms with Gasteiger partial charge in [-0.05, 0) is 24.3 Å². The van der Waals surface area contributed by atoms with E-state index in [1.165, 1.54) is 31.4 Å². The van der Waals surface area contributed by atoms with Gasteiger partial charge in [0.2, 0.25) is 0 Å². The number of para-hydroxylation sites is 1. The fraction of sp³-hybridized carbons (Fsp3) is 0.0714. The van der Waals surface area contributed by atoms with Gasteiger partial charge in [0, 0.05) is 17.7 Å². The number of hydrogen-bond donors (Lipinski definition) is 0. The Bertz CT molecular complexity index is 620. The molecule has 0 saturated heterocycles. The van der Waals surface area contributed by atoms with E-state index >= 15 is 0 Å². The first-order valence-corrected chi connectivity index (χ1v) is 5.55. The Labute approximate surface area is 109 Å². The van der Waals surface area contributed by atoms with Gasteiger partial charge in [0.1, 0.15) is 5.75 Å². The van der Waals surface area contributed by atoms with E-state index in [2.05, 4.69) is 0 Å². The number of nitrogens with zero attached hydrogens (tertiary/aromatic N) is 1. The lowest BCUT2D eigenvalue weighted by atomic mass is 10.0. The van der Waals surface area contributed by atoms with Crippen LogP contribution in [0.4, 0.5) is 5.69 Å². The molecule has 0 amide bonds. The third-order valence-corrected chi connectivity index (χ3v) is 2.69. The minimum Gasteiger partial charge on any atom is -0.496 e. The highest BCUT2D eigenvalue weighted by molar-refractivity contribution is 6.10. The molecular weight excluding hydrogens is 246 g/mol. The van der Waals surface area contributed by atoms with E-state index in [4.69, 9.17) is 4.74 Å². The van der Waals surface area contributed by atoms with Crippen LogP contribution in [0.3, 0.4) is 0 Å². The van der Waals surface area contributed by atoms with Crippen LogP contribution >= 0.6 is 0 Å². The molecule has 0 radical (unpaired) electrons. The Balaban J connectivity index is 2.36. The van der Waals surface area contributed by atoms with Crippen molar-refractivity contribution in [2.24, 2.45) is 0 Å². The largest absolute Gasteiger partial charge is 0.496 e. The molecule has 5 nitrogen and oxygen atoms in total. The molecule has 0 heterocycles. The summed E-state index contributed by atoms with van der Waals surface area (Å²) in [4.78, 5) is 22.3. The van der Waals surface area contributed by atoms with Gasteiger partial charge in [-0.3, -0.25) is 14.9 Å². The summed E-state index contributed by atoms with van der Waals surface area (Å²) in [6.45, 7) is 0. The summed E-state index contributed by atoms with van der Waals surface area (Å²) in [5.41, 5.74) is 0.769. The normalized spacial score (nSPS) is 9.95. The third kappa shape index (κ3) is 2.60. The van der Waals surface area contributed by atoms with E-state index in [1.807, 2.05) is 0 Å². The maximum Gasteiger partial charge on any atom is 0.269 e. The van der Waals surface area contributed by atoms with Crippen molar-refractivity contribution < 1.29 is 14.5 Å². The molecule has 0 bridgehead atoms. The van der Waals surface area contributed by atoms with E-state index in [1.54, 1.807) is 24.3 Å². The number of carbonyl (C=O) groups is 1. The molecule has 0 N–H and O–H groups in total. The molecule has 2 aromatic rings. The number of non-ortho nitro benzene ring substituents is 1. The monoisotopic (exact) mass is 257 g/mol. The molecule has 0 atom stereocenters. The number of rotatable bonds is 4. The van der Waals surface area contributed by atoms with Crippen LogP contribution in [0.2, 0.25) is 0 Å². The second-order valence-corrected chi connectivity index (χ2v) is 3.83. The molecule has 0 aromatic heterocycles. The molecule has 96 valence electrons. The zero-order valence-corrected chi connectivity index (χ0v) is 10.2. The van der Waals surface area contributed by atoms with Crippen LogP contribution < -0.4 is 4.74 Å². The Morgan fingerprint density at radius 1 is 1.11 bits per heavy atom. The van der Waals surface area contributed by atoms with Crippen LogP contribution in [0.25, 0.3) is 0 Å². The quantitative estimate of drug-likeness (QED) is 0.479. The van der Waals surface area contributed by atoms with Gasteiger partial charge in [-0.15, -0.1) is 0 Å². The van der Waals surface area contributed by atoms with E-state index in [9.17, 15) is 14.9 Å². The molecule has 2 rings (SSSR count). The van der Waals surface area contributed by atoms with Crippen LogP contribution in [0.15, 0.2) is 48.5 Å². The molecule has 0 aliphatic carbocycles. The molecule has 0 fully saturated rings. The van der Waals surface area contributed by atoms with Gasteiger partial charge in [0.05, 0.1) is 17.6 Å². The van der Waals surface area contributed by atoms with E-state index < -0.39 is 4.92 Å². The standard InChI is InChI=1S/C14H11NO4/c1-19-13-5-3-2-4-12(13)14(16)10-6-8-11(9-7-10)15(17)18/h2-9H,1H3. The number of carbonyl (C=O) groups excluding carboxylic acids is 1. The van der Waals surface area contributed by atoms with Crippen LogP contribution in [-0.2, 0) is 0 Å². The van der Waals surface area contributed by atoms with E-state index in [0.717, 1.165) is 0 Å². The maximum atomic E-state index is 12.3. The van der Waals surface area contributed by atoms with Gasteiger partial charge in [-0.2, -0.15) is 0 Å². The minimum absolute atomic E-state index is 0.0448. The molecule has 0 spiro atoms. The first kappa shape index (κ1) is 12.8. The smallest absolute Gasteiger partial charge is 0.269 e. The molecular formula is C14H11NO4. The lowest BCUT2D eigenvalue weighted by Crippen LogP contribution is -2.03. The topological polar surface area (TPSA) is 69.4 Å². The van der Waals surface area contributed by atoms with Crippen molar-refractivity contribution in [1.29, 1.82) is 0 Å². The van der Waals surface area contributed by atoms with Crippen LogP contribution in [-0.4, -0.2) is 17.8 Å². The van der Waals surface area contributed by atoms with Crippen LogP contribution in [0, 0.1) is 10.1 Å². The average molecular weight is 257 g/mol. The number of nitro groups is 1. The molecule has 0 unspecified atom stereocenters. The van der Waals surface area contributed by atoms with Gasteiger partial charge >= 0.3 is 0 Å². The first-order chi connectivity index (χ1) is 9.13. The van der Waals surface area contributed by atoms with E-state index in [0.29, 0.717) is 16.9 Å². The number of ketones is 1. The molecule has 19 heavy (non-hydrogen) atoms. The van der Waals surface area contributed by atoms with Crippen molar-refractivity contribution in [3.8, 4) is 5.75 Å². The molecule has 0 aliphatic rings. The van der Waals surface area contributed by atoms with E-state index in [-0.39, 0.29) is 11.5 Å². The SMILES string of the molecule is COc1ccccc1C(=O)c1ccc([N+](=O)[O-])cc1. The number of methoxy groups -OCH3 is 1. The first-order valence-electron chi connectivity index (χ1n) is 5.55. The average Bonchev–Trinajstić information content (AvgIpc) is 2.46. The maximum absolute atomic E-state index is 12.3. The van der Waals surface area contributed by atoms with Crippen molar-refractivity contribution in [1.82, 2.24) is 0 Å². The molecule has 0 saturated carbocycles. The Morgan fingerprint density at radius 3 is 2.32 bits per heavy atom. The van der Waals surface area contributed by atoms with Gasteiger partial charge < -0.3 is 4.74 Å². The number of hydrogen-bond acceptors (Lipinski definition) is 4. The van der Waals surface area contributed by atoms with Gasteiger partial charge in [-0.1, -0.05) is 12.1 Å². The third-order valence-electron chi connectivity index (χ3n) is 2.69. The Morgan fingerprint density at radius 2 is 1.74 bits per heavy atom. The molecule has 0 aliphatic heterocycles. The molecule has 5 heteroatoms. The summed E-state index contributed by atoms with van der Waals surface area (Å²) in [7, 11) is 1.49. The zero-order chi connectivity index (χ0) is 13.8. The second-order valence-electron chi connectivity index (χ2n) is 3.83. The minimum atomic E-state index is -0.503. The summed E-state index contributed by atoms with van der Waals surface area (Å²) in [6, 6.07) is 12.3. The Kier molecular flexibility index (Phi) is 3.56. The highest BCUT2D eigenvalue weighted by Gasteiger charge is 2.15. The highest BCUT2D eigenvalue weighted by Crippen LogP contribution is 2.22. The number of nitro benzene ring substituents is 1. The number of ether oxygens (including phenoxy) is 1. The lowest BCUT2D eigenvalue weighted by Gasteiger charge is -2.06. The van der Waals surface area contributed by atoms with Gasteiger partial charge in [0.15, 0.2) is 5.78 Å². The summed E-state index contributed by atoms with van der Waals surface area (Å²) >= 11 is 0. The van der Waals surface area contributed by atoms with Crippen LogP contribution in [0.5, 0.6) is 5.75 Å². The van der Waals surface area contributed by atoms with Crippen molar-refractivity contribution in [3.63, 3.8) is 0 Å². The number of benzene rings is 2. The predicted octanol–water partition coefficient (Wildman–Crippen LogP) is 2.83. The highest BCUT2D eigenvalue weighted by atomic mass is 16.6. The summed E-state index contributed by atoms with van der Waals surface area (Å²) < 4.78 is 5.12. The summed E-state index contributed by atoms with van der Waals surface area (Å²) in [5.74, 6) is 0.248. The fourth-order valence-electron chi connectivity index (χ4n) is 1.72. The molecule has 2 aromatic carbocycles. The van der Waals surface area contributed by atoms with Crippen molar-refractivity contribution in [2.45, 2.75) is 0 Å². The lowest BCUT2D eigenvalue weighted by molar-refractivity contribution is -0.384. The fourth-order valence-corrected chi connectivity index (χ4v) is 1.72. The van der Waals surface area contributed by atoms with Gasteiger partial charge in [0.25, 0.3) is 5.69 Å². The van der Waals surface area contributed by atoms with Crippen LogP contribution in [0.1, 0.15) is 15.9 Å². The van der Waals surface area contributed by atoms with Crippen molar-refractivity contribution in [2.75, 3.05) is 7.11 Å². The van der Waals surface area contributed by atoms with Crippen molar-refractivity contribution >= 4 is 11.5 Å². The second kappa shape index (κ2) is 5.30.